The van der Waals surface area contributed by atoms with Gasteiger partial charge in [-0.05, 0) is 30.7 Å². The number of aromatic nitrogens is 1. The molecule has 0 N–H and O–H groups in total. The van der Waals surface area contributed by atoms with Crippen LogP contribution in [0.1, 0.15) is 22.8 Å². The Balaban J connectivity index is 2.17. The van der Waals surface area contributed by atoms with Crippen molar-refractivity contribution in [1.29, 1.82) is 0 Å². The van der Waals surface area contributed by atoms with Gasteiger partial charge >= 0.3 is 0 Å². The Morgan fingerprint density at radius 2 is 2.19 bits per heavy atom. The van der Waals surface area contributed by atoms with E-state index in [1.807, 2.05) is 47.3 Å². The maximum Gasteiger partial charge on any atom is 0.161 e. The number of hydrogen-bond acceptors (Lipinski definition) is 1. The summed E-state index contributed by atoms with van der Waals surface area (Å²) in [6.07, 6.45) is 3.75. The van der Waals surface area contributed by atoms with Crippen LogP contribution in [0.15, 0.2) is 42.7 Å². The molecule has 0 saturated heterocycles. The number of halogens is 1. The number of nitrogens with zero attached hydrogens (tertiary/aromatic N) is 1. The lowest BCUT2D eigenvalue weighted by Gasteiger charge is -2.03. The average Bonchev–Trinajstić information content (AvgIpc) is 2.66. The fourth-order valence-corrected chi connectivity index (χ4v) is 1.81. The second-order valence-corrected chi connectivity index (χ2v) is 4.20. The second kappa shape index (κ2) is 4.54. The third-order valence-corrected chi connectivity index (χ3v) is 2.65. The van der Waals surface area contributed by atoms with Gasteiger partial charge in [0.15, 0.2) is 5.78 Å². The molecule has 0 amide bonds. The molecule has 82 valence electrons. The van der Waals surface area contributed by atoms with Gasteiger partial charge in [0, 0.05) is 29.5 Å². The highest BCUT2D eigenvalue weighted by atomic mass is 35.5. The Hall–Kier alpha value is -1.54. The van der Waals surface area contributed by atoms with Gasteiger partial charge in [0.2, 0.25) is 0 Å². The van der Waals surface area contributed by atoms with Crippen molar-refractivity contribution in [2.75, 3.05) is 0 Å². The Bertz CT molecular complexity index is 516. The van der Waals surface area contributed by atoms with Gasteiger partial charge in [-0.3, -0.25) is 4.79 Å². The number of hydrogen-bond donors (Lipinski definition) is 0. The topological polar surface area (TPSA) is 22.0 Å². The summed E-state index contributed by atoms with van der Waals surface area (Å²) in [7, 11) is 0. The van der Waals surface area contributed by atoms with Crippen molar-refractivity contribution in [3.63, 3.8) is 0 Å². The third kappa shape index (κ3) is 2.52. The summed E-state index contributed by atoms with van der Waals surface area (Å²) in [6.45, 7) is 2.30. The van der Waals surface area contributed by atoms with E-state index in [-0.39, 0.29) is 5.78 Å². The van der Waals surface area contributed by atoms with Gasteiger partial charge in [0.25, 0.3) is 0 Å². The van der Waals surface area contributed by atoms with E-state index in [1.54, 1.807) is 6.92 Å². The standard InChI is InChI=1S/C13H12ClNO/c1-10(16)12-5-6-15(9-12)8-11-3-2-4-13(14)7-11/h2-7,9H,8H2,1H3. The molecule has 0 spiro atoms. The van der Waals surface area contributed by atoms with E-state index < -0.39 is 0 Å². The van der Waals surface area contributed by atoms with Crippen LogP contribution in [-0.2, 0) is 6.54 Å². The number of benzene rings is 1. The molecule has 16 heavy (non-hydrogen) atoms. The molecule has 0 saturated carbocycles. The molecule has 0 fully saturated rings. The molecule has 2 nitrogen and oxygen atoms in total. The van der Waals surface area contributed by atoms with E-state index in [1.165, 1.54) is 0 Å². The first-order valence-corrected chi connectivity index (χ1v) is 5.44. The van der Waals surface area contributed by atoms with E-state index in [4.69, 9.17) is 11.6 Å². The minimum absolute atomic E-state index is 0.0878. The minimum atomic E-state index is 0.0878. The summed E-state index contributed by atoms with van der Waals surface area (Å²) < 4.78 is 1.97. The fraction of sp³-hybridized carbons (Fsp3) is 0.154. The summed E-state index contributed by atoms with van der Waals surface area (Å²) >= 11 is 5.90. The Morgan fingerprint density at radius 3 is 2.81 bits per heavy atom. The SMILES string of the molecule is CC(=O)c1ccn(Cc2cccc(Cl)c2)c1. The van der Waals surface area contributed by atoms with Gasteiger partial charge in [0.05, 0.1) is 0 Å². The number of carbonyl (C=O) groups is 1. The van der Waals surface area contributed by atoms with E-state index in [0.717, 1.165) is 22.7 Å². The Kier molecular flexibility index (Phi) is 3.11. The lowest BCUT2D eigenvalue weighted by Crippen LogP contribution is -1.96. The first-order chi connectivity index (χ1) is 7.65. The zero-order valence-corrected chi connectivity index (χ0v) is 9.74. The first kappa shape index (κ1) is 11.0. The van der Waals surface area contributed by atoms with E-state index in [2.05, 4.69) is 0 Å². The van der Waals surface area contributed by atoms with Gasteiger partial charge in [-0.2, -0.15) is 0 Å². The largest absolute Gasteiger partial charge is 0.349 e. The molecule has 0 unspecified atom stereocenters. The first-order valence-electron chi connectivity index (χ1n) is 5.06. The number of carbonyl (C=O) groups excluding carboxylic acids is 1. The van der Waals surface area contributed by atoms with Crippen molar-refractivity contribution < 1.29 is 4.79 Å². The smallest absolute Gasteiger partial charge is 0.161 e. The predicted molar refractivity (Wildman–Crippen MR) is 65.0 cm³/mol. The van der Waals surface area contributed by atoms with Crippen molar-refractivity contribution in [3.05, 3.63) is 58.9 Å². The average molecular weight is 234 g/mol. The molecule has 2 aromatic rings. The quantitative estimate of drug-likeness (QED) is 0.745. The summed E-state index contributed by atoms with van der Waals surface area (Å²) in [4.78, 5) is 11.1. The van der Waals surface area contributed by atoms with Crippen LogP contribution in [0.3, 0.4) is 0 Å². The van der Waals surface area contributed by atoms with E-state index in [9.17, 15) is 4.79 Å². The molecule has 0 aliphatic rings. The van der Waals surface area contributed by atoms with Crippen LogP contribution in [0.2, 0.25) is 5.02 Å². The van der Waals surface area contributed by atoms with Gasteiger partial charge in [-0.15, -0.1) is 0 Å². The van der Waals surface area contributed by atoms with Crippen LogP contribution in [0.4, 0.5) is 0 Å². The van der Waals surface area contributed by atoms with Crippen molar-refractivity contribution in [1.82, 2.24) is 4.57 Å². The van der Waals surface area contributed by atoms with Crippen LogP contribution in [0.5, 0.6) is 0 Å². The molecule has 0 bridgehead atoms. The monoisotopic (exact) mass is 233 g/mol. The van der Waals surface area contributed by atoms with Crippen LogP contribution in [0, 0.1) is 0 Å². The van der Waals surface area contributed by atoms with Gasteiger partial charge < -0.3 is 4.57 Å². The minimum Gasteiger partial charge on any atom is -0.349 e. The summed E-state index contributed by atoms with van der Waals surface area (Å²) in [5.74, 6) is 0.0878. The van der Waals surface area contributed by atoms with E-state index in [0.29, 0.717) is 0 Å². The predicted octanol–water partition coefficient (Wildman–Crippen LogP) is 3.39. The van der Waals surface area contributed by atoms with Gasteiger partial charge in [-0.25, -0.2) is 0 Å². The van der Waals surface area contributed by atoms with Crippen LogP contribution < -0.4 is 0 Å². The lowest BCUT2D eigenvalue weighted by molar-refractivity contribution is 0.101. The molecule has 1 heterocycles. The number of ketones is 1. The van der Waals surface area contributed by atoms with Crippen molar-refractivity contribution >= 4 is 17.4 Å². The van der Waals surface area contributed by atoms with Crippen LogP contribution >= 0.6 is 11.6 Å². The molecule has 1 aromatic heterocycles. The zero-order chi connectivity index (χ0) is 11.5. The molecular weight excluding hydrogens is 222 g/mol. The lowest BCUT2D eigenvalue weighted by atomic mass is 10.2. The van der Waals surface area contributed by atoms with Gasteiger partial charge in [0.1, 0.15) is 0 Å². The van der Waals surface area contributed by atoms with Crippen molar-refractivity contribution in [2.45, 2.75) is 13.5 Å². The summed E-state index contributed by atoms with van der Waals surface area (Å²) in [5, 5.41) is 0.733. The second-order valence-electron chi connectivity index (χ2n) is 3.76. The molecule has 3 heteroatoms. The number of rotatable bonds is 3. The van der Waals surface area contributed by atoms with Crippen molar-refractivity contribution in [2.24, 2.45) is 0 Å². The fourth-order valence-electron chi connectivity index (χ4n) is 1.59. The molecule has 0 aliphatic carbocycles. The zero-order valence-electron chi connectivity index (χ0n) is 8.98. The Morgan fingerprint density at radius 1 is 1.38 bits per heavy atom. The maximum atomic E-state index is 11.1. The van der Waals surface area contributed by atoms with E-state index >= 15 is 0 Å². The van der Waals surface area contributed by atoms with Crippen LogP contribution in [-0.4, -0.2) is 10.4 Å². The number of Topliss-reactive ketones (excluding diaryl/α,β-unsaturated/α-hetero) is 1. The third-order valence-electron chi connectivity index (χ3n) is 2.41. The molecule has 2 rings (SSSR count). The van der Waals surface area contributed by atoms with Crippen LogP contribution in [0.25, 0.3) is 0 Å². The molecule has 0 radical (unpaired) electrons. The summed E-state index contributed by atoms with van der Waals surface area (Å²) in [6, 6.07) is 9.54. The molecular formula is C13H12ClNO. The molecule has 1 aromatic carbocycles. The summed E-state index contributed by atoms with van der Waals surface area (Å²) in [5.41, 5.74) is 1.86. The highest BCUT2D eigenvalue weighted by Crippen LogP contribution is 2.12. The molecule has 0 atom stereocenters. The normalized spacial score (nSPS) is 10.4. The maximum absolute atomic E-state index is 11.1. The highest BCUT2D eigenvalue weighted by molar-refractivity contribution is 6.30. The highest BCUT2D eigenvalue weighted by Gasteiger charge is 2.02. The molecule has 0 aliphatic heterocycles. The van der Waals surface area contributed by atoms with Crippen molar-refractivity contribution in [3.8, 4) is 0 Å². The van der Waals surface area contributed by atoms with Gasteiger partial charge in [-0.1, -0.05) is 23.7 Å². The Labute approximate surface area is 99.5 Å².